The molecule has 2 aromatic heterocycles. The predicted molar refractivity (Wildman–Crippen MR) is 254 cm³/mol. The van der Waals surface area contributed by atoms with Crippen molar-refractivity contribution in [2.24, 2.45) is 0 Å². The van der Waals surface area contributed by atoms with Crippen molar-refractivity contribution in [2.45, 2.75) is 120 Å². The van der Waals surface area contributed by atoms with Crippen molar-refractivity contribution < 1.29 is 69.3 Å². The van der Waals surface area contributed by atoms with E-state index in [4.69, 9.17) is 18.9 Å². The zero-order chi connectivity index (χ0) is 51.1. The predicted octanol–water partition coefficient (Wildman–Crippen LogP) is 4.00. The lowest BCUT2D eigenvalue weighted by Crippen LogP contribution is -2.37. The summed E-state index contributed by atoms with van der Waals surface area (Å²) in [6.07, 6.45) is -3.90. The maximum absolute atomic E-state index is 13.3. The summed E-state index contributed by atoms with van der Waals surface area (Å²) in [6, 6.07) is 5.35. The number of anilines is 1. The second kappa shape index (κ2) is 22.8. The highest BCUT2D eigenvalue weighted by molar-refractivity contribution is 7.96. The van der Waals surface area contributed by atoms with E-state index in [0.717, 1.165) is 33.9 Å². The third kappa shape index (κ3) is 12.9. The number of hydrogen-bond donors (Lipinski definition) is 4. The van der Waals surface area contributed by atoms with Crippen molar-refractivity contribution in [3.63, 3.8) is 0 Å². The Balaban J connectivity index is 1.09. The van der Waals surface area contributed by atoms with E-state index >= 15 is 0 Å². The minimum atomic E-state index is -4.36. The highest BCUT2D eigenvalue weighted by Crippen LogP contribution is 2.43. The molecule has 69 heavy (non-hydrogen) atoms. The molecule has 0 unspecified atom stereocenters. The van der Waals surface area contributed by atoms with Crippen LogP contribution in [0.15, 0.2) is 32.7 Å². The number of carbonyl (C=O) groups is 7. The van der Waals surface area contributed by atoms with Gasteiger partial charge in [0.25, 0.3) is 11.8 Å². The molecule has 4 N–H and O–H groups in total. The SMILES string of the molecule is CCN[C@H]1C[C@H](C)S(=O)(=O)c2sc(S(=O)(=O)CC(=O)[C@H](C)OC(=O)[C@H](C)OC(=O)[C@H](C)OC(=O)CCC(=O)Oc3ccc4c(c3)/C(=C/c3[nH]c(C)c(C(=O)NCCN(CC)CC)c3C)C(=O)N4)cc21. The Morgan fingerprint density at radius 1 is 0.928 bits per heavy atom. The molecule has 376 valence electrons. The molecular formula is C46H59N5O15S3. The monoisotopic (exact) mass is 1020 g/mol. The van der Waals surface area contributed by atoms with Crippen molar-refractivity contribution in [1.82, 2.24) is 20.5 Å². The zero-order valence-corrected chi connectivity index (χ0v) is 42.4. The average Bonchev–Trinajstić information content (AvgIpc) is 3.97. The number of benzene rings is 1. The van der Waals surface area contributed by atoms with E-state index < -0.39 is 103 Å². The topological polar surface area (TPSA) is 280 Å². The molecule has 20 nitrogen and oxygen atoms in total. The smallest absolute Gasteiger partial charge is 0.347 e. The number of aromatic nitrogens is 1. The molecule has 0 radical (unpaired) electrons. The summed E-state index contributed by atoms with van der Waals surface area (Å²) in [5.74, 6) is -6.88. The van der Waals surface area contributed by atoms with Crippen molar-refractivity contribution in [3.05, 3.63) is 57.9 Å². The molecule has 0 fully saturated rings. The maximum Gasteiger partial charge on any atom is 0.347 e. The Bertz CT molecular complexity index is 2760. The van der Waals surface area contributed by atoms with E-state index in [2.05, 4.69) is 39.7 Å². The summed E-state index contributed by atoms with van der Waals surface area (Å²) in [6.45, 7) is 17.9. The maximum atomic E-state index is 13.3. The van der Waals surface area contributed by atoms with Gasteiger partial charge in [-0.05, 0) is 109 Å². The van der Waals surface area contributed by atoms with Crippen molar-refractivity contribution in [1.29, 1.82) is 0 Å². The Morgan fingerprint density at radius 2 is 1.57 bits per heavy atom. The number of fused-ring (bicyclic) bond motifs is 2. The van der Waals surface area contributed by atoms with Crippen LogP contribution in [-0.4, -0.2) is 130 Å². The van der Waals surface area contributed by atoms with Crippen LogP contribution in [-0.2, 0) is 62.7 Å². The number of aromatic amines is 1. The lowest BCUT2D eigenvalue weighted by atomic mass is 10.0. The first-order chi connectivity index (χ1) is 32.4. The van der Waals surface area contributed by atoms with E-state index in [0.29, 0.717) is 70.3 Å². The van der Waals surface area contributed by atoms with Gasteiger partial charge in [-0.15, -0.1) is 11.3 Å². The number of likely N-dealkylation sites (N-methyl/N-ethyl adjacent to an activating group) is 1. The molecule has 23 heteroatoms. The van der Waals surface area contributed by atoms with Gasteiger partial charge in [-0.2, -0.15) is 0 Å². The second-order valence-corrected chi connectivity index (χ2v) is 22.5. The van der Waals surface area contributed by atoms with Gasteiger partial charge in [0.2, 0.25) is 0 Å². The summed E-state index contributed by atoms with van der Waals surface area (Å²) >= 11 is 0.566. The molecule has 5 rings (SSSR count). The molecule has 2 amide bonds. The number of esters is 4. The van der Waals surface area contributed by atoms with Crippen LogP contribution in [0, 0.1) is 13.8 Å². The number of carbonyl (C=O) groups excluding carboxylic acids is 7. The fourth-order valence-electron chi connectivity index (χ4n) is 7.65. The standard InChI is InChI=1S/C46H59N5O15S3/c1-10-47-36-19-24(4)69(61,62)46-33(36)22-40(67-46)68(59,60)23-37(52)27(7)64-45(58)29(9)65-44(57)28(8)63-38(53)15-16-39(54)66-30-13-14-34-31(20-30)32(42(55)50-34)21-35-25(5)41(26(6)49-35)43(56)48-17-18-51(11-2)12-3/h13-14,20-22,24,27-29,36,47,49H,10-12,15-19,23H2,1-9H3,(H,48,56)(H,50,55)/b32-21-/t24-,27-,28-,29-,36-/m0/s1. The normalized spacial score (nSPS) is 18.1. The van der Waals surface area contributed by atoms with Gasteiger partial charge in [0.1, 0.15) is 19.9 Å². The van der Waals surface area contributed by atoms with E-state index in [9.17, 15) is 50.4 Å². The van der Waals surface area contributed by atoms with Gasteiger partial charge in [-0.3, -0.25) is 24.0 Å². The van der Waals surface area contributed by atoms with Gasteiger partial charge >= 0.3 is 23.9 Å². The fourth-order valence-corrected chi connectivity index (χ4v) is 13.1. The number of nitrogens with one attached hydrogen (secondary N) is 4. The van der Waals surface area contributed by atoms with Crippen LogP contribution >= 0.6 is 11.3 Å². The summed E-state index contributed by atoms with van der Waals surface area (Å²) in [5.41, 5.74) is 3.76. The summed E-state index contributed by atoms with van der Waals surface area (Å²) in [5, 5.41) is 8.13. The molecule has 2 aliphatic rings. The molecule has 2 aliphatic heterocycles. The molecule has 0 bridgehead atoms. The Kier molecular flexibility index (Phi) is 17.9. The molecule has 1 aromatic carbocycles. The highest BCUT2D eigenvalue weighted by atomic mass is 32.3. The number of nitrogens with zero attached hydrogens (tertiary/aromatic N) is 1. The number of thiophene rings is 1. The number of rotatable bonds is 22. The average molecular weight is 1020 g/mol. The summed E-state index contributed by atoms with van der Waals surface area (Å²) in [4.78, 5) is 95.3. The number of hydrogen-bond acceptors (Lipinski definition) is 18. The van der Waals surface area contributed by atoms with Gasteiger partial charge in [0, 0.05) is 41.8 Å². The second-order valence-electron chi connectivity index (χ2n) is 16.7. The van der Waals surface area contributed by atoms with Crippen molar-refractivity contribution in [3.8, 4) is 5.75 Å². The lowest BCUT2D eigenvalue weighted by molar-refractivity contribution is -0.179. The van der Waals surface area contributed by atoms with E-state index in [1.54, 1.807) is 32.9 Å². The number of sulfone groups is 2. The minimum Gasteiger partial charge on any atom is -0.452 e. The first-order valence-electron chi connectivity index (χ1n) is 22.5. The molecule has 0 saturated carbocycles. The molecule has 0 aliphatic carbocycles. The zero-order valence-electron chi connectivity index (χ0n) is 39.9. The van der Waals surface area contributed by atoms with Crippen LogP contribution in [0.25, 0.3) is 11.6 Å². The van der Waals surface area contributed by atoms with E-state index in [-0.39, 0.29) is 32.1 Å². The Morgan fingerprint density at radius 3 is 2.22 bits per heavy atom. The number of ketones is 1. The van der Waals surface area contributed by atoms with Crippen LogP contribution in [0.4, 0.5) is 5.69 Å². The third-order valence-corrected chi connectivity index (χ3v) is 17.8. The number of Topliss-reactive ketones (excluding diaryl/α,β-unsaturated/α-hetero) is 1. The van der Waals surface area contributed by atoms with E-state index in [1.807, 2.05) is 6.92 Å². The molecule has 4 heterocycles. The molecule has 0 saturated heterocycles. The number of ether oxygens (including phenoxy) is 4. The first-order valence-corrected chi connectivity index (χ1v) is 26.5. The van der Waals surface area contributed by atoms with Crippen LogP contribution in [0.1, 0.15) is 112 Å². The van der Waals surface area contributed by atoms with Gasteiger partial charge < -0.3 is 44.8 Å². The lowest BCUT2D eigenvalue weighted by Gasteiger charge is -2.27. The van der Waals surface area contributed by atoms with Gasteiger partial charge in [-0.25, -0.2) is 26.4 Å². The minimum absolute atomic E-state index is 0.0732. The summed E-state index contributed by atoms with van der Waals surface area (Å²) in [7, 11) is -8.15. The summed E-state index contributed by atoms with van der Waals surface area (Å²) < 4.78 is 72.8. The number of H-pyrrole nitrogens is 1. The van der Waals surface area contributed by atoms with E-state index in [1.165, 1.54) is 18.2 Å². The fraction of sp³-hybridized carbons (Fsp3) is 0.500. The van der Waals surface area contributed by atoms with Gasteiger partial charge in [-0.1, -0.05) is 20.8 Å². The third-order valence-electron chi connectivity index (χ3n) is 11.7. The quantitative estimate of drug-likeness (QED) is 0.0479. The molecule has 3 aromatic rings. The molecular weight excluding hydrogens is 959 g/mol. The van der Waals surface area contributed by atoms with Crippen LogP contribution in [0.3, 0.4) is 0 Å². The number of aryl methyl sites for hydroxylation is 1. The van der Waals surface area contributed by atoms with Crippen molar-refractivity contribution in [2.75, 3.05) is 43.8 Å². The molecule has 5 atom stereocenters. The van der Waals surface area contributed by atoms with Crippen LogP contribution in [0.2, 0.25) is 0 Å². The van der Waals surface area contributed by atoms with Gasteiger partial charge in [0.05, 0.1) is 29.2 Å². The highest BCUT2D eigenvalue weighted by Gasteiger charge is 2.40. The number of amides is 2. The largest absolute Gasteiger partial charge is 0.452 e. The van der Waals surface area contributed by atoms with Crippen LogP contribution in [0.5, 0.6) is 5.75 Å². The Hall–Kier alpha value is -5.75. The van der Waals surface area contributed by atoms with Gasteiger partial charge in [0.15, 0.2) is 43.8 Å². The van der Waals surface area contributed by atoms with Crippen LogP contribution < -0.4 is 20.7 Å². The molecule has 0 spiro atoms. The first kappa shape index (κ1) is 54.2. The Labute approximate surface area is 405 Å². The van der Waals surface area contributed by atoms with Crippen molar-refractivity contribution >= 4 is 89.8 Å².